The first-order valence-electron chi connectivity index (χ1n) is 7.25. The average molecular weight is 321 g/mol. The third kappa shape index (κ3) is 2.75. The maximum Gasteiger partial charge on any atom is 0.308 e. The molecule has 0 fully saturated rings. The van der Waals surface area contributed by atoms with E-state index in [0.29, 0.717) is 22.8 Å². The largest absolute Gasteiger partial charge is 0.440 e. The number of hydrogen-bond acceptors (Lipinski definition) is 6. The molecule has 1 aliphatic rings. The van der Waals surface area contributed by atoms with Gasteiger partial charge in [-0.1, -0.05) is 18.2 Å². The van der Waals surface area contributed by atoms with Gasteiger partial charge in [0.2, 0.25) is 5.88 Å². The van der Waals surface area contributed by atoms with Crippen LogP contribution in [0.4, 0.5) is 5.69 Å². The van der Waals surface area contributed by atoms with Crippen LogP contribution in [0, 0.1) is 11.3 Å². The van der Waals surface area contributed by atoms with Gasteiger partial charge in [-0.25, -0.2) is 0 Å². The van der Waals surface area contributed by atoms with Gasteiger partial charge in [0.15, 0.2) is 0 Å². The number of ether oxygens (including phenoxy) is 2. The molecule has 0 saturated carbocycles. The summed E-state index contributed by atoms with van der Waals surface area (Å²) < 4.78 is 10.6. The molecule has 0 aromatic heterocycles. The van der Waals surface area contributed by atoms with E-state index in [1.807, 2.05) is 6.07 Å². The Kier molecular flexibility index (Phi) is 3.84. The summed E-state index contributed by atoms with van der Waals surface area (Å²) in [7, 11) is 0. The lowest BCUT2D eigenvalue weighted by Gasteiger charge is -2.26. The van der Waals surface area contributed by atoms with Gasteiger partial charge in [0.25, 0.3) is 0 Å². The third-order valence-corrected chi connectivity index (χ3v) is 3.72. The van der Waals surface area contributed by atoms with Crippen molar-refractivity contribution in [3.05, 3.63) is 65.0 Å². The van der Waals surface area contributed by atoms with E-state index < -0.39 is 5.97 Å². The van der Waals surface area contributed by atoms with Crippen LogP contribution < -0.4 is 20.9 Å². The summed E-state index contributed by atoms with van der Waals surface area (Å²) in [5.41, 5.74) is 14.2. The molecule has 2 aromatic rings. The van der Waals surface area contributed by atoms with Crippen LogP contribution >= 0.6 is 0 Å². The molecule has 1 unspecified atom stereocenters. The Bertz CT molecular complexity index is 879. The number of carbonyl (C=O) groups excluding carboxylic acids is 1. The predicted octanol–water partition coefficient (Wildman–Crippen LogP) is 2.41. The summed E-state index contributed by atoms with van der Waals surface area (Å²) in [4.78, 5) is 11.0. The number of nitrogens with zero attached hydrogens (tertiary/aromatic N) is 1. The summed E-state index contributed by atoms with van der Waals surface area (Å²) in [6, 6.07) is 14.3. The molecule has 0 aliphatic carbocycles. The van der Waals surface area contributed by atoms with E-state index in [-0.39, 0.29) is 11.8 Å². The van der Waals surface area contributed by atoms with E-state index >= 15 is 0 Å². The highest BCUT2D eigenvalue weighted by Gasteiger charge is 2.30. The van der Waals surface area contributed by atoms with E-state index in [4.69, 9.17) is 20.9 Å². The lowest BCUT2D eigenvalue weighted by atomic mass is 9.83. The molecule has 0 saturated heterocycles. The highest BCUT2D eigenvalue weighted by Crippen LogP contribution is 2.42. The first kappa shape index (κ1) is 15.4. The molecule has 4 N–H and O–H groups in total. The van der Waals surface area contributed by atoms with E-state index in [0.717, 1.165) is 11.1 Å². The summed E-state index contributed by atoms with van der Waals surface area (Å²) >= 11 is 0. The van der Waals surface area contributed by atoms with Crippen LogP contribution in [0.15, 0.2) is 53.9 Å². The van der Waals surface area contributed by atoms with E-state index in [9.17, 15) is 10.1 Å². The second-order valence-electron chi connectivity index (χ2n) is 5.38. The number of nitrogen functional groups attached to an aromatic ring is 1. The average Bonchev–Trinajstić information content (AvgIpc) is 2.53. The van der Waals surface area contributed by atoms with Crippen LogP contribution in [0.2, 0.25) is 0 Å². The van der Waals surface area contributed by atoms with Crippen LogP contribution in [0.1, 0.15) is 24.0 Å². The Morgan fingerprint density at radius 2 is 1.92 bits per heavy atom. The molecule has 0 amide bonds. The lowest BCUT2D eigenvalue weighted by molar-refractivity contribution is -0.131. The molecular weight excluding hydrogens is 306 g/mol. The van der Waals surface area contributed by atoms with Gasteiger partial charge in [0.1, 0.15) is 23.1 Å². The van der Waals surface area contributed by atoms with Crippen LogP contribution in [0.25, 0.3) is 0 Å². The standard InChI is InChI=1S/C18H15N3O3/c1-10(22)23-13-5-2-11(3-6-13)17-14-7-4-12(20)8-16(14)24-18(21)15(17)9-19/h2-8,17H,20-21H2,1H3. The monoisotopic (exact) mass is 321 g/mol. The second-order valence-corrected chi connectivity index (χ2v) is 5.38. The molecule has 0 spiro atoms. The number of allylic oxidation sites excluding steroid dienone is 1. The molecule has 1 atom stereocenters. The van der Waals surface area contributed by atoms with Crippen molar-refractivity contribution in [2.75, 3.05) is 5.73 Å². The molecule has 3 rings (SSSR count). The summed E-state index contributed by atoms with van der Waals surface area (Å²) in [5.74, 6) is 0.263. The quantitative estimate of drug-likeness (QED) is 0.499. The molecule has 1 aliphatic heterocycles. The molecule has 120 valence electrons. The second kappa shape index (κ2) is 5.97. The molecule has 0 radical (unpaired) electrons. The molecule has 6 heteroatoms. The van der Waals surface area contributed by atoms with Gasteiger partial charge in [-0.3, -0.25) is 4.79 Å². The SMILES string of the molecule is CC(=O)Oc1ccc(C2C(C#N)=C(N)Oc3cc(N)ccc32)cc1. The van der Waals surface area contributed by atoms with E-state index in [1.54, 1.807) is 36.4 Å². The number of anilines is 1. The molecule has 6 nitrogen and oxygen atoms in total. The minimum Gasteiger partial charge on any atom is -0.440 e. The zero-order valence-corrected chi connectivity index (χ0v) is 12.9. The number of hydrogen-bond donors (Lipinski definition) is 2. The number of carbonyl (C=O) groups is 1. The molecule has 2 aromatic carbocycles. The fourth-order valence-corrected chi connectivity index (χ4v) is 2.71. The number of nitriles is 1. The fourth-order valence-electron chi connectivity index (χ4n) is 2.71. The molecule has 1 heterocycles. The first-order valence-corrected chi connectivity index (χ1v) is 7.25. The maximum atomic E-state index is 11.0. The predicted molar refractivity (Wildman–Crippen MR) is 87.9 cm³/mol. The van der Waals surface area contributed by atoms with Gasteiger partial charge in [0.05, 0.1) is 5.92 Å². The summed E-state index contributed by atoms with van der Waals surface area (Å²) in [6.45, 7) is 1.34. The van der Waals surface area contributed by atoms with Crippen molar-refractivity contribution in [3.63, 3.8) is 0 Å². The highest BCUT2D eigenvalue weighted by molar-refractivity contribution is 5.69. The zero-order chi connectivity index (χ0) is 17.3. The Balaban J connectivity index is 2.08. The Labute approximate surface area is 138 Å². The molecule has 0 bridgehead atoms. The van der Waals surface area contributed by atoms with E-state index in [2.05, 4.69) is 6.07 Å². The minimum absolute atomic E-state index is 0.0599. The van der Waals surface area contributed by atoms with Crippen LogP contribution in [-0.4, -0.2) is 5.97 Å². The van der Waals surface area contributed by atoms with Crippen molar-refractivity contribution in [2.45, 2.75) is 12.8 Å². The van der Waals surface area contributed by atoms with Gasteiger partial charge in [-0.05, 0) is 23.8 Å². The number of benzene rings is 2. The number of nitrogens with two attached hydrogens (primary N) is 2. The van der Waals surface area contributed by atoms with Gasteiger partial charge in [0, 0.05) is 24.2 Å². The van der Waals surface area contributed by atoms with Crippen LogP contribution in [-0.2, 0) is 4.79 Å². The van der Waals surface area contributed by atoms with Gasteiger partial charge >= 0.3 is 5.97 Å². The normalized spacial score (nSPS) is 15.9. The van der Waals surface area contributed by atoms with Crippen molar-refractivity contribution in [1.29, 1.82) is 5.26 Å². The van der Waals surface area contributed by atoms with Crippen molar-refractivity contribution in [1.82, 2.24) is 0 Å². The summed E-state index contributed by atoms with van der Waals surface area (Å²) in [5, 5.41) is 9.48. The third-order valence-electron chi connectivity index (χ3n) is 3.72. The smallest absolute Gasteiger partial charge is 0.308 e. The summed E-state index contributed by atoms with van der Waals surface area (Å²) in [6.07, 6.45) is 0. The number of rotatable bonds is 2. The van der Waals surface area contributed by atoms with E-state index in [1.165, 1.54) is 6.92 Å². The van der Waals surface area contributed by atoms with Crippen molar-refractivity contribution >= 4 is 11.7 Å². The maximum absolute atomic E-state index is 11.0. The Morgan fingerprint density at radius 1 is 1.21 bits per heavy atom. The zero-order valence-electron chi connectivity index (χ0n) is 12.9. The van der Waals surface area contributed by atoms with Crippen molar-refractivity contribution in [2.24, 2.45) is 5.73 Å². The lowest BCUT2D eigenvalue weighted by Crippen LogP contribution is -2.21. The molecular formula is C18H15N3O3. The van der Waals surface area contributed by atoms with Gasteiger partial charge in [-0.15, -0.1) is 0 Å². The van der Waals surface area contributed by atoms with Gasteiger partial charge < -0.3 is 20.9 Å². The van der Waals surface area contributed by atoms with Gasteiger partial charge in [-0.2, -0.15) is 5.26 Å². The topological polar surface area (TPSA) is 111 Å². The van der Waals surface area contributed by atoms with Crippen molar-refractivity contribution < 1.29 is 14.3 Å². The number of fused-ring (bicyclic) bond motifs is 1. The molecule has 24 heavy (non-hydrogen) atoms. The fraction of sp³-hybridized carbons (Fsp3) is 0.111. The number of esters is 1. The van der Waals surface area contributed by atoms with Crippen LogP contribution in [0.5, 0.6) is 11.5 Å². The first-order chi connectivity index (χ1) is 11.5. The van der Waals surface area contributed by atoms with Crippen molar-refractivity contribution in [3.8, 4) is 17.6 Å². The minimum atomic E-state index is -0.392. The Hall–Kier alpha value is -3.46. The van der Waals surface area contributed by atoms with Crippen LogP contribution in [0.3, 0.4) is 0 Å². The highest BCUT2D eigenvalue weighted by atomic mass is 16.5. The Morgan fingerprint density at radius 3 is 2.54 bits per heavy atom.